The lowest BCUT2D eigenvalue weighted by Gasteiger charge is -2.09. The molecule has 0 bridgehead atoms. The summed E-state index contributed by atoms with van der Waals surface area (Å²) in [5, 5.41) is 11.2. The van der Waals surface area contributed by atoms with Gasteiger partial charge in [-0.25, -0.2) is 4.98 Å². The van der Waals surface area contributed by atoms with Crippen molar-refractivity contribution in [1.29, 1.82) is 0 Å². The van der Waals surface area contributed by atoms with Crippen LogP contribution in [0.25, 0.3) is 0 Å². The topological polar surface area (TPSA) is 76.7 Å². The van der Waals surface area contributed by atoms with Crippen LogP contribution in [-0.4, -0.2) is 15.2 Å². The van der Waals surface area contributed by atoms with Gasteiger partial charge in [-0.2, -0.15) is 5.10 Å². The van der Waals surface area contributed by atoms with Crippen molar-refractivity contribution in [3.63, 3.8) is 0 Å². The van der Waals surface area contributed by atoms with E-state index >= 15 is 0 Å². The highest BCUT2D eigenvalue weighted by molar-refractivity contribution is 5.32. The van der Waals surface area contributed by atoms with Gasteiger partial charge < -0.3 is 11.1 Å². The van der Waals surface area contributed by atoms with E-state index in [-0.39, 0.29) is 0 Å². The number of rotatable bonds is 4. The molecule has 0 atom stereocenters. The van der Waals surface area contributed by atoms with Crippen molar-refractivity contribution in [2.75, 3.05) is 5.32 Å². The third-order valence-electron chi connectivity index (χ3n) is 2.87. The summed E-state index contributed by atoms with van der Waals surface area (Å²) in [6, 6.07) is 8.05. The van der Waals surface area contributed by atoms with Gasteiger partial charge in [0.15, 0.2) is 0 Å². The van der Waals surface area contributed by atoms with E-state index in [4.69, 9.17) is 5.73 Å². The molecule has 0 unspecified atom stereocenters. The molecule has 0 fully saturated rings. The van der Waals surface area contributed by atoms with Crippen LogP contribution in [-0.2, 0) is 13.1 Å². The Labute approximate surface area is 106 Å². The van der Waals surface area contributed by atoms with Crippen molar-refractivity contribution in [2.24, 2.45) is 5.73 Å². The molecule has 2 rings (SSSR count). The SMILES string of the molecule is Cc1nnc(NCc2ccccc2CN)nc1C. The average molecular weight is 243 g/mol. The Kier molecular flexibility index (Phi) is 3.84. The number of anilines is 1. The summed E-state index contributed by atoms with van der Waals surface area (Å²) in [4.78, 5) is 4.33. The molecular weight excluding hydrogens is 226 g/mol. The van der Waals surface area contributed by atoms with E-state index in [2.05, 4.69) is 20.5 Å². The minimum Gasteiger partial charge on any atom is -0.349 e. The van der Waals surface area contributed by atoms with E-state index < -0.39 is 0 Å². The van der Waals surface area contributed by atoms with Crippen LogP contribution in [0, 0.1) is 13.8 Å². The second-order valence-corrected chi connectivity index (χ2v) is 4.13. The zero-order valence-corrected chi connectivity index (χ0v) is 10.6. The molecule has 0 aliphatic heterocycles. The molecule has 0 saturated carbocycles. The molecule has 1 heterocycles. The minimum absolute atomic E-state index is 0.532. The summed E-state index contributed by atoms with van der Waals surface area (Å²) >= 11 is 0. The van der Waals surface area contributed by atoms with E-state index in [1.807, 2.05) is 38.1 Å². The normalized spacial score (nSPS) is 10.4. The van der Waals surface area contributed by atoms with Crippen molar-refractivity contribution in [3.8, 4) is 0 Å². The first-order valence-electron chi connectivity index (χ1n) is 5.89. The highest BCUT2D eigenvalue weighted by Crippen LogP contribution is 2.10. The second-order valence-electron chi connectivity index (χ2n) is 4.13. The third kappa shape index (κ3) is 2.81. The standard InChI is InChI=1S/C13H17N5/c1-9-10(2)17-18-13(16-9)15-8-12-6-4-3-5-11(12)7-14/h3-6H,7-8,14H2,1-2H3,(H,15,16,18). The number of nitrogens with two attached hydrogens (primary N) is 1. The molecule has 0 aliphatic rings. The van der Waals surface area contributed by atoms with Gasteiger partial charge in [-0.15, -0.1) is 5.10 Å². The summed E-state index contributed by atoms with van der Waals surface area (Å²) in [7, 11) is 0. The maximum Gasteiger partial charge on any atom is 0.243 e. The van der Waals surface area contributed by atoms with Crippen LogP contribution in [0.3, 0.4) is 0 Å². The number of nitrogens with one attached hydrogen (secondary N) is 1. The molecular formula is C13H17N5. The van der Waals surface area contributed by atoms with Gasteiger partial charge in [0, 0.05) is 13.1 Å². The molecule has 0 aliphatic carbocycles. The molecule has 94 valence electrons. The number of nitrogens with zero attached hydrogens (tertiary/aromatic N) is 3. The second kappa shape index (κ2) is 5.55. The monoisotopic (exact) mass is 243 g/mol. The lowest BCUT2D eigenvalue weighted by molar-refractivity contribution is 0.881. The molecule has 1 aromatic carbocycles. The van der Waals surface area contributed by atoms with Crippen LogP contribution < -0.4 is 11.1 Å². The molecule has 2 aromatic rings. The van der Waals surface area contributed by atoms with Gasteiger partial charge in [-0.05, 0) is 25.0 Å². The van der Waals surface area contributed by atoms with Gasteiger partial charge >= 0.3 is 0 Å². The molecule has 5 nitrogen and oxygen atoms in total. The highest BCUT2D eigenvalue weighted by atomic mass is 15.2. The van der Waals surface area contributed by atoms with Crippen molar-refractivity contribution in [3.05, 3.63) is 46.8 Å². The maximum atomic E-state index is 5.69. The van der Waals surface area contributed by atoms with Crippen LogP contribution in [0.1, 0.15) is 22.5 Å². The first-order chi connectivity index (χ1) is 8.70. The quantitative estimate of drug-likeness (QED) is 0.852. The van der Waals surface area contributed by atoms with Crippen molar-refractivity contribution < 1.29 is 0 Å². The first-order valence-corrected chi connectivity index (χ1v) is 5.89. The molecule has 0 saturated heterocycles. The fraction of sp³-hybridized carbons (Fsp3) is 0.308. The molecule has 1 aromatic heterocycles. The van der Waals surface area contributed by atoms with Gasteiger partial charge in [0.25, 0.3) is 0 Å². The van der Waals surface area contributed by atoms with Crippen molar-refractivity contribution in [2.45, 2.75) is 26.9 Å². The Morgan fingerprint density at radius 1 is 1.06 bits per heavy atom. The zero-order valence-electron chi connectivity index (χ0n) is 10.6. The van der Waals surface area contributed by atoms with Crippen LogP contribution in [0.4, 0.5) is 5.95 Å². The van der Waals surface area contributed by atoms with E-state index in [9.17, 15) is 0 Å². The van der Waals surface area contributed by atoms with Gasteiger partial charge in [0.05, 0.1) is 11.4 Å². The van der Waals surface area contributed by atoms with Crippen LogP contribution in [0.2, 0.25) is 0 Å². The third-order valence-corrected chi connectivity index (χ3v) is 2.87. The predicted molar refractivity (Wildman–Crippen MR) is 71.0 cm³/mol. The van der Waals surface area contributed by atoms with E-state index in [1.165, 1.54) is 0 Å². The number of aromatic nitrogens is 3. The van der Waals surface area contributed by atoms with Crippen molar-refractivity contribution >= 4 is 5.95 Å². The van der Waals surface area contributed by atoms with Crippen LogP contribution in [0.15, 0.2) is 24.3 Å². The van der Waals surface area contributed by atoms with Gasteiger partial charge in [-0.3, -0.25) is 0 Å². The van der Waals surface area contributed by atoms with Gasteiger partial charge in [0.1, 0.15) is 0 Å². The van der Waals surface area contributed by atoms with Gasteiger partial charge in [-0.1, -0.05) is 24.3 Å². The molecule has 0 amide bonds. The number of hydrogen-bond acceptors (Lipinski definition) is 5. The van der Waals surface area contributed by atoms with E-state index in [0.717, 1.165) is 22.5 Å². The Balaban J connectivity index is 2.09. The zero-order chi connectivity index (χ0) is 13.0. The van der Waals surface area contributed by atoms with E-state index in [0.29, 0.717) is 19.0 Å². The Morgan fingerprint density at radius 3 is 2.44 bits per heavy atom. The Bertz CT molecular complexity index is 539. The predicted octanol–water partition coefficient (Wildman–Crippen LogP) is 1.56. The molecule has 18 heavy (non-hydrogen) atoms. The Morgan fingerprint density at radius 2 is 1.78 bits per heavy atom. The van der Waals surface area contributed by atoms with Crippen LogP contribution in [0.5, 0.6) is 0 Å². The summed E-state index contributed by atoms with van der Waals surface area (Å²) in [5.74, 6) is 0.546. The fourth-order valence-electron chi connectivity index (χ4n) is 1.64. The lowest BCUT2D eigenvalue weighted by Crippen LogP contribution is -2.09. The smallest absolute Gasteiger partial charge is 0.243 e. The summed E-state index contributed by atoms with van der Waals surface area (Å²) in [5.41, 5.74) is 9.71. The van der Waals surface area contributed by atoms with Gasteiger partial charge in [0.2, 0.25) is 5.95 Å². The van der Waals surface area contributed by atoms with Crippen LogP contribution >= 0.6 is 0 Å². The molecule has 3 N–H and O–H groups in total. The molecule has 0 radical (unpaired) electrons. The van der Waals surface area contributed by atoms with E-state index in [1.54, 1.807) is 0 Å². The summed E-state index contributed by atoms with van der Waals surface area (Å²) in [6.45, 7) is 4.99. The lowest BCUT2D eigenvalue weighted by atomic mass is 10.1. The number of hydrogen-bond donors (Lipinski definition) is 2. The Hall–Kier alpha value is -2.01. The maximum absolute atomic E-state index is 5.69. The highest BCUT2D eigenvalue weighted by Gasteiger charge is 2.03. The molecule has 5 heteroatoms. The first kappa shape index (κ1) is 12.4. The number of aryl methyl sites for hydroxylation is 2. The summed E-state index contributed by atoms with van der Waals surface area (Å²) < 4.78 is 0. The number of benzene rings is 1. The minimum atomic E-state index is 0.532. The molecule has 0 spiro atoms. The van der Waals surface area contributed by atoms with Crippen molar-refractivity contribution in [1.82, 2.24) is 15.2 Å². The largest absolute Gasteiger partial charge is 0.349 e. The summed E-state index contributed by atoms with van der Waals surface area (Å²) in [6.07, 6.45) is 0. The fourth-order valence-corrected chi connectivity index (χ4v) is 1.64. The average Bonchev–Trinajstić information content (AvgIpc) is 2.40.